The molecule has 0 fully saturated rings. The minimum absolute atomic E-state index is 0.318. The second-order valence-corrected chi connectivity index (χ2v) is 5.95. The summed E-state index contributed by atoms with van der Waals surface area (Å²) in [7, 11) is 0. The molecule has 0 aliphatic carbocycles. The number of nitrogens with two attached hydrogens (primary N) is 1. The van der Waals surface area contributed by atoms with Gasteiger partial charge < -0.3 is 11.1 Å². The Hall–Kier alpha value is -2.21. The molecule has 3 N–H and O–H groups in total. The number of amides is 1. The van der Waals surface area contributed by atoms with Gasteiger partial charge in [-0.2, -0.15) is 5.10 Å². The molecule has 21 heavy (non-hydrogen) atoms. The SMILES string of the molecule is CC(C)(C)[C@H](N)C(=O)Nc1ccc(-n2cccn2)c(F)c1. The Morgan fingerprint density at radius 1 is 1.43 bits per heavy atom. The lowest BCUT2D eigenvalue weighted by Crippen LogP contribution is -2.45. The number of hydrogen-bond donors (Lipinski definition) is 2. The van der Waals surface area contributed by atoms with E-state index in [2.05, 4.69) is 10.4 Å². The smallest absolute Gasteiger partial charge is 0.241 e. The van der Waals surface area contributed by atoms with Crippen LogP contribution in [0.5, 0.6) is 0 Å². The number of aromatic nitrogens is 2. The highest BCUT2D eigenvalue weighted by Crippen LogP contribution is 2.21. The minimum atomic E-state index is -0.675. The van der Waals surface area contributed by atoms with Gasteiger partial charge in [0.25, 0.3) is 0 Å². The van der Waals surface area contributed by atoms with Crippen LogP contribution in [0.4, 0.5) is 10.1 Å². The van der Waals surface area contributed by atoms with Crippen LogP contribution in [0.2, 0.25) is 0 Å². The summed E-state index contributed by atoms with van der Waals surface area (Å²) in [6.07, 6.45) is 3.21. The van der Waals surface area contributed by atoms with Gasteiger partial charge in [0, 0.05) is 18.1 Å². The second kappa shape index (κ2) is 5.65. The summed E-state index contributed by atoms with van der Waals surface area (Å²) in [4.78, 5) is 12.0. The van der Waals surface area contributed by atoms with Gasteiger partial charge in [-0.3, -0.25) is 4.79 Å². The van der Waals surface area contributed by atoms with Crippen molar-refractivity contribution >= 4 is 11.6 Å². The maximum absolute atomic E-state index is 14.1. The normalized spacial score (nSPS) is 13.0. The molecule has 1 heterocycles. The molecular weight excluding hydrogens is 271 g/mol. The van der Waals surface area contributed by atoms with Gasteiger partial charge in [-0.15, -0.1) is 0 Å². The van der Waals surface area contributed by atoms with Crippen molar-refractivity contribution in [2.45, 2.75) is 26.8 Å². The van der Waals surface area contributed by atoms with Crippen molar-refractivity contribution in [3.63, 3.8) is 0 Å². The van der Waals surface area contributed by atoms with Crippen LogP contribution in [0.25, 0.3) is 5.69 Å². The number of carbonyl (C=O) groups excluding carboxylic acids is 1. The molecule has 0 saturated heterocycles. The van der Waals surface area contributed by atoms with Gasteiger partial charge in [-0.25, -0.2) is 9.07 Å². The zero-order valence-corrected chi connectivity index (χ0v) is 12.3. The summed E-state index contributed by atoms with van der Waals surface area (Å²) in [6, 6.07) is 5.46. The Labute approximate surface area is 123 Å². The van der Waals surface area contributed by atoms with E-state index >= 15 is 0 Å². The fourth-order valence-corrected chi connectivity index (χ4v) is 1.80. The maximum Gasteiger partial charge on any atom is 0.241 e. The van der Waals surface area contributed by atoms with Gasteiger partial charge in [0.05, 0.1) is 6.04 Å². The number of nitrogens with one attached hydrogen (secondary N) is 1. The first-order chi connectivity index (χ1) is 9.79. The van der Waals surface area contributed by atoms with E-state index in [9.17, 15) is 9.18 Å². The van der Waals surface area contributed by atoms with Crippen molar-refractivity contribution < 1.29 is 9.18 Å². The summed E-state index contributed by atoms with van der Waals surface area (Å²) >= 11 is 0. The van der Waals surface area contributed by atoms with E-state index in [1.165, 1.54) is 10.7 Å². The Morgan fingerprint density at radius 3 is 2.67 bits per heavy atom. The fraction of sp³-hybridized carbons (Fsp3) is 0.333. The number of hydrogen-bond acceptors (Lipinski definition) is 3. The molecule has 0 unspecified atom stereocenters. The van der Waals surface area contributed by atoms with E-state index in [0.29, 0.717) is 11.4 Å². The zero-order chi connectivity index (χ0) is 15.6. The molecule has 5 nitrogen and oxygen atoms in total. The molecule has 2 aromatic rings. The third-order valence-electron chi connectivity index (χ3n) is 3.18. The van der Waals surface area contributed by atoms with Crippen LogP contribution in [-0.4, -0.2) is 21.7 Å². The lowest BCUT2D eigenvalue weighted by Gasteiger charge is -2.25. The molecule has 1 atom stereocenters. The van der Waals surface area contributed by atoms with Gasteiger partial charge in [0.1, 0.15) is 5.69 Å². The first-order valence-electron chi connectivity index (χ1n) is 6.65. The van der Waals surface area contributed by atoms with Gasteiger partial charge in [-0.1, -0.05) is 20.8 Å². The second-order valence-electron chi connectivity index (χ2n) is 5.95. The van der Waals surface area contributed by atoms with Crippen LogP contribution < -0.4 is 11.1 Å². The van der Waals surface area contributed by atoms with E-state index in [0.717, 1.165) is 0 Å². The van der Waals surface area contributed by atoms with Crippen LogP contribution in [0.3, 0.4) is 0 Å². The number of anilines is 1. The third-order valence-corrected chi connectivity index (χ3v) is 3.18. The zero-order valence-electron chi connectivity index (χ0n) is 12.3. The predicted octanol–water partition coefficient (Wildman–Crippen LogP) is 2.32. The Morgan fingerprint density at radius 2 is 2.14 bits per heavy atom. The van der Waals surface area contributed by atoms with Crippen molar-refractivity contribution in [1.29, 1.82) is 0 Å². The van der Waals surface area contributed by atoms with Gasteiger partial charge in [0.15, 0.2) is 5.82 Å². The molecule has 1 aromatic heterocycles. The third kappa shape index (κ3) is 3.46. The highest BCUT2D eigenvalue weighted by atomic mass is 19.1. The van der Waals surface area contributed by atoms with E-state index < -0.39 is 11.9 Å². The molecule has 2 rings (SSSR count). The van der Waals surface area contributed by atoms with Crippen LogP contribution in [-0.2, 0) is 4.79 Å². The van der Waals surface area contributed by atoms with E-state index in [-0.39, 0.29) is 11.3 Å². The van der Waals surface area contributed by atoms with Gasteiger partial charge >= 0.3 is 0 Å². The molecule has 0 spiro atoms. The topological polar surface area (TPSA) is 72.9 Å². The molecule has 0 bridgehead atoms. The number of benzene rings is 1. The monoisotopic (exact) mass is 290 g/mol. The van der Waals surface area contributed by atoms with Crippen LogP contribution >= 0.6 is 0 Å². The average Bonchev–Trinajstić information content (AvgIpc) is 2.90. The number of halogens is 1. The molecule has 6 heteroatoms. The quantitative estimate of drug-likeness (QED) is 0.911. The number of nitrogens with zero attached hydrogens (tertiary/aromatic N) is 2. The molecule has 0 aliphatic rings. The minimum Gasteiger partial charge on any atom is -0.325 e. The van der Waals surface area contributed by atoms with Crippen LogP contribution in [0.15, 0.2) is 36.7 Å². The van der Waals surface area contributed by atoms with Gasteiger partial charge in [0.2, 0.25) is 5.91 Å². The van der Waals surface area contributed by atoms with E-state index in [4.69, 9.17) is 5.73 Å². The Bertz CT molecular complexity index is 632. The summed E-state index contributed by atoms with van der Waals surface area (Å²) in [6.45, 7) is 5.62. The van der Waals surface area contributed by atoms with Crippen LogP contribution in [0.1, 0.15) is 20.8 Å². The number of carbonyl (C=O) groups is 1. The summed E-state index contributed by atoms with van der Waals surface area (Å²) < 4.78 is 15.5. The highest BCUT2D eigenvalue weighted by Gasteiger charge is 2.27. The number of rotatable bonds is 3. The first-order valence-corrected chi connectivity index (χ1v) is 6.65. The maximum atomic E-state index is 14.1. The molecule has 0 aliphatic heterocycles. The molecule has 1 aromatic carbocycles. The Balaban J connectivity index is 2.16. The largest absolute Gasteiger partial charge is 0.325 e. The molecule has 112 valence electrons. The molecule has 0 saturated carbocycles. The summed E-state index contributed by atoms with van der Waals surface area (Å²) in [5, 5.41) is 6.60. The lowest BCUT2D eigenvalue weighted by molar-refractivity contribution is -0.119. The lowest BCUT2D eigenvalue weighted by atomic mass is 9.87. The first kappa shape index (κ1) is 15.2. The standard InChI is InChI=1S/C15H19FN4O/c1-15(2,3)13(17)14(21)19-10-5-6-12(11(16)9-10)20-8-4-7-18-20/h4-9,13H,17H2,1-3H3,(H,19,21)/t13-/m1/s1. The predicted molar refractivity (Wildman–Crippen MR) is 79.6 cm³/mol. The van der Waals surface area contributed by atoms with Crippen LogP contribution in [0, 0.1) is 11.2 Å². The van der Waals surface area contributed by atoms with Crippen molar-refractivity contribution in [3.8, 4) is 5.69 Å². The van der Waals surface area contributed by atoms with Gasteiger partial charge in [-0.05, 0) is 29.7 Å². The fourth-order valence-electron chi connectivity index (χ4n) is 1.80. The van der Waals surface area contributed by atoms with E-state index in [1.54, 1.807) is 30.6 Å². The van der Waals surface area contributed by atoms with E-state index in [1.807, 2.05) is 20.8 Å². The van der Waals surface area contributed by atoms with Crippen molar-refractivity contribution in [2.75, 3.05) is 5.32 Å². The Kier molecular flexibility index (Phi) is 4.09. The van der Waals surface area contributed by atoms with Crippen molar-refractivity contribution in [1.82, 2.24) is 9.78 Å². The average molecular weight is 290 g/mol. The van der Waals surface area contributed by atoms with Crippen molar-refractivity contribution in [2.24, 2.45) is 11.1 Å². The van der Waals surface area contributed by atoms with Crippen molar-refractivity contribution in [3.05, 3.63) is 42.5 Å². The summed E-state index contributed by atoms with van der Waals surface area (Å²) in [5.74, 6) is -0.811. The molecule has 1 amide bonds. The molecule has 0 radical (unpaired) electrons. The molecular formula is C15H19FN4O. The highest BCUT2D eigenvalue weighted by molar-refractivity contribution is 5.95. The summed E-state index contributed by atoms with van der Waals surface area (Å²) in [5.41, 5.74) is 6.19.